The van der Waals surface area contributed by atoms with E-state index in [1.54, 1.807) is 6.07 Å². The molecule has 1 aromatic rings. The van der Waals surface area contributed by atoms with Gasteiger partial charge in [-0.25, -0.2) is 13.1 Å². The van der Waals surface area contributed by atoms with Gasteiger partial charge in [-0.3, -0.25) is 0 Å². The van der Waals surface area contributed by atoms with Gasteiger partial charge >= 0.3 is 0 Å². The average Bonchev–Trinajstić information content (AvgIpc) is 3.16. The lowest BCUT2D eigenvalue weighted by Gasteiger charge is -2.05. The molecule has 0 saturated heterocycles. The van der Waals surface area contributed by atoms with Gasteiger partial charge in [0.2, 0.25) is 10.0 Å². The summed E-state index contributed by atoms with van der Waals surface area (Å²) in [7, 11) is -3.44. The minimum absolute atomic E-state index is 0.281. The molecule has 1 aliphatic carbocycles. The molecule has 1 fully saturated rings. The van der Waals surface area contributed by atoms with Gasteiger partial charge in [-0.2, -0.15) is 0 Å². The number of unbranched alkanes of at least 4 members (excludes halogenated alkanes) is 1. The Morgan fingerprint density at radius 3 is 2.90 bits per heavy atom. The lowest BCUT2D eigenvalue weighted by Crippen LogP contribution is -2.27. The number of aromatic nitrogens is 1. The largest absolute Gasteiger partial charge is 0.380 e. The Morgan fingerprint density at radius 2 is 2.19 bits per heavy atom. The average molecular weight is 315 g/mol. The van der Waals surface area contributed by atoms with Crippen LogP contribution in [0.2, 0.25) is 0 Å². The quantitative estimate of drug-likeness (QED) is 0.539. The van der Waals surface area contributed by atoms with Crippen LogP contribution in [0.3, 0.4) is 0 Å². The summed E-state index contributed by atoms with van der Waals surface area (Å²) in [6.45, 7) is 4.15. The second-order valence-corrected chi connectivity index (χ2v) is 7.15. The van der Waals surface area contributed by atoms with Gasteiger partial charge < -0.3 is 15.0 Å². The number of ether oxygens (including phenoxy) is 1. The third-order valence-electron chi connectivity index (χ3n) is 3.37. The van der Waals surface area contributed by atoms with E-state index < -0.39 is 10.0 Å². The molecule has 2 rings (SSSR count). The van der Waals surface area contributed by atoms with Crippen LogP contribution in [0.15, 0.2) is 17.2 Å². The summed E-state index contributed by atoms with van der Waals surface area (Å²) >= 11 is 0. The highest BCUT2D eigenvalue weighted by Gasteiger charge is 2.21. The highest BCUT2D eigenvalue weighted by atomic mass is 32.2. The van der Waals surface area contributed by atoms with Crippen LogP contribution in [0, 0.1) is 0 Å². The lowest BCUT2D eigenvalue weighted by molar-refractivity contribution is 0.136. The highest BCUT2D eigenvalue weighted by Crippen LogP contribution is 2.19. The van der Waals surface area contributed by atoms with Gasteiger partial charge in [0, 0.05) is 37.6 Å². The van der Waals surface area contributed by atoms with Crippen molar-refractivity contribution in [3.63, 3.8) is 0 Å². The summed E-state index contributed by atoms with van der Waals surface area (Å²) in [6.07, 6.45) is 6.04. The second-order valence-electron chi connectivity index (χ2n) is 5.38. The lowest BCUT2D eigenvalue weighted by atomic mass is 10.4. The van der Waals surface area contributed by atoms with Gasteiger partial charge in [0.05, 0.1) is 11.5 Å². The maximum absolute atomic E-state index is 12.1. The zero-order chi connectivity index (χ0) is 15.1. The molecular formula is C14H25N3O3S. The highest BCUT2D eigenvalue weighted by molar-refractivity contribution is 7.89. The Bertz CT molecular complexity index is 523. The van der Waals surface area contributed by atoms with Crippen molar-refractivity contribution < 1.29 is 13.2 Å². The summed E-state index contributed by atoms with van der Waals surface area (Å²) in [6, 6.07) is 2.28. The Balaban J connectivity index is 1.73. The fourth-order valence-corrected chi connectivity index (χ4v) is 2.93. The molecule has 6 nitrogen and oxygen atoms in total. The Morgan fingerprint density at radius 1 is 1.38 bits per heavy atom. The van der Waals surface area contributed by atoms with Crippen molar-refractivity contribution >= 4 is 10.0 Å². The molecule has 0 aromatic carbocycles. The molecule has 0 spiro atoms. The molecule has 1 aliphatic rings. The summed E-state index contributed by atoms with van der Waals surface area (Å²) in [5.41, 5.74) is 0.890. The predicted molar refractivity (Wildman–Crippen MR) is 81.6 cm³/mol. The van der Waals surface area contributed by atoms with Crippen molar-refractivity contribution in [3.05, 3.63) is 18.0 Å². The van der Waals surface area contributed by atoms with Gasteiger partial charge in [0.25, 0.3) is 0 Å². The topological polar surface area (TPSA) is 83.2 Å². The molecule has 1 saturated carbocycles. The van der Waals surface area contributed by atoms with Crippen LogP contribution >= 0.6 is 0 Å². The summed E-state index contributed by atoms with van der Waals surface area (Å²) in [5, 5.41) is 3.34. The standard InChI is InChI=1S/C14H25N3O3S/c1-2-3-7-20-8-6-17-21(18,19)14-9-13(16-11-14)10-15-12-4-5-12/h9,11-12,15-17H,2-8,10H2,1H3. The Kier molecular flexibility index (Phi) is 6.22. The number of nitrogens with one attached hydrogen (secondary N) is 3. The van der Waals surface area contributed by atoms with Crippen LogP contribution in [-0.2, 0) is 21.3 Å². The van der Waals surface area contributed by atoms with Crippen LogP contribution in [0.4, 0.5) is 0 Å². The fourth-order valence-electron chi connectivity index (χ4n) is 1.90. The van der Waals surface area contributed by atoms with E-state index in [1.165, 1.54) is 19.0 Å². The van der Waals surface area contributed by atoms with Crippen molar-refractivity contribution in [1.29, 1.82) is 0 Å². The minimum atomic E-state index is -3.44. The van der Waals surface area contributed by atoms with E-state index in [9.17, 15) is 8.42 Å². The number of sulfonamides is 1. The third-order valence-corrected chi connectivity index (χ3v) is 4.81. The van der Waals surface area contributed by atoms with E-state index in [1.807, 2.05) is 0 Å². The first-order valence-corrected chi connectivity index (χ1v) is 9.08. The number of aromatic amines is 1. The molecule has 0 atom stereocenters. The van der Waals surface area contributed by atoms with Crippen LogP contribution in [-0.4, -0.2) is 39.2 Å². The van der Waals surface area contributed by atoms with Crippen molar-refractivity contribution in [2.75, 3.05) is 19.8 Å². The van der Waals surface area contributed by atoms with E-state index in [-0.39, 0.29) is 4.90 Å². The van der Waals surface area contributed by atoms with Crippen molar-refractivity contribution in [1.82, 2.24) is 15.0 Å². The molecule has 21 heavy (non-hydrogen) atoms. The number of hydrogen-bond donors (Lipinski definition) is 3. The zero-order valence-corrected chi connectivity index (χ0v) is 13.3. The fraction of sp³-hybridized carbons (Fsp3) is 0.714. The summed E-state index contributed by atoms with van der Waals surface area (Å²) in [5.74, 6) is 0. The smallest absolute Gasteiger partial charge is 0.242 e. The van der Waals surface area contributed by atoms with Gasteiger partial charge in [0.15, 0.2) is 0 Å². The molecule has 0 radical (unpaired) electrons. The maximum atomic E-state index is 12.1. The molecule has 0 aliphatic heterocycles. The van der Waals surface area contributed by atoms with Gasteiger partial charge in [-0.15, -0.1) is 0 Å². The maximum Gasteiger partial charge on any atom is 0.242 e. The third kappa shape index (κ3) is 5.78. The van der Waals surface area contributed by atoms with Gasteiger partial charge in [0.1, 0.15) is 0 Å². The number of H-pyrrole nitrogens is 1. The molecular weight excluding hydrogens is 290 g/mol. The molecule has 0 amide bonds. The molecule has 120 valence electrons. The monoisotopic (exact) mass is 315 g/mol. The first-order chi connectivity index (χ1) is 10.1. The molecule has 0 bridgehead atoms. The minimum Gasteiger partial charge on any atom is -0.380 e. The number of rotatable bonds is 11. The predicted octanol–water partition coefficient (Wildman–Crippen LogP) is 1.36. The zero-order valence-electron chi connectivity index (χ0n) is 12.5. The Labute approximate surface area is 126 Å². The van der Waals surface area contributed by atoms with E-state index in [0.29, 0.717) is 32.3 Å². The second kappa shape index (κ2) is 7.93. The molecule has 3 N–H and O–H groups in total. The van der Waals surface area contributed by atoms with Crippen LogP contribution < -0.4 is 10.0 Å². The molecule has 1 aromatic heterocycles. The molecule has 7 heteroatoms. The normalized spacial score (nSPS) is 15.5. The summed E-state index contributed by atoms with van der Waals surface area (Å²) in [4.78, 5) is 3.28. The number of hydrogen-bond acceptors (Lipinski definition) is 4. The SMILES string of the molecule is CCCCOCCNS(=O)(=O)c1c[nH]c(CNC2CC2)c1. The van der Waals surface area contributed by atoms with E-state index >= 15 is 0 Å². The molecule has 1 heterocycles. The van der Waals surface area contributed by atoms with Crippen LogP contribution in [0.1, 0.15) is 38.3 Å². The first kappa shape index (κ1) is 16.5. The van der Waals surface area contributed by atoms with E-state index in [4.69, 9.17) is 4.74 Å². The first-order valence-electron chi connectivity index (χ1n) is 7.60. The van der Waals surface area contributed by atoms with E-state index in [2.05, 4.69) is 21.9 Å². The Hall–Kier alpha value is -0.890. The van der Waals surface area contributed by atoms with Gasteiger partial charge in [-0.05, 0) is 25.3 Å². The van der Waals surface area contributed by atoms with Crippen molar-refractivity contribution in [3.8, 4) is 0 Å². The summed E-state index contributed by atoms with van der Waals surface area (Å²) < 4.78 is 32.0. The van der Waals surface area contributed by atoms with Crippen LogP contribution in [0.5, 0.6) is 0 Å². The van der Waals surface area contributed by atoms with E-state index in [0.717, 1.165) is 18.5 Å². The van der Waals surface area contributed by atoms with Gasteiger partial charge in [-0.1, -0.05) is 13.3 Å². The van der Waals surface area contributed by atoms with Crippen LogP contribution in [0.25, 0.3) is 0 Å². The molecule has 0 unspecified atom stereocenters. The van der Waals surface area contributed by atoms with Crippen molar-refractivity contribution in [2.24, 2.45) is 0 Å². The van der Waals surface area contributed by atoms with Crippen molar-refractivity contribution in [2.45, 2.75) is 50.1 Å².